The number of rotatable bonds is 7. The normalized spacial score (nSPS) is 12.2. The van der Waals surface area contributed by atoms with Crippen LogP contribution in [-0.4, -0.2) is 41.1 Å². The van der Waals surface area contributed by atoms with Crippen LogP contribution in [0.2, 0.25) is 0 Å². The number of nitro groups is 1. The highest BCUT2D eigenvalue weighted by Crippen LogP contribution is 2.25. The Morgan fingerprint density at radius 1 is 1.29 bits per heavy atom. The number of nitrogens with zero attached hydrogens (tertiary/aromatic N) is 1. The summed E-state index contributed by atoms with van der Waals surface area (Å²) in [6.45, 7) is -0.433. The van der Waals surface area contributed by atoms with Crippen LogP contribution in [0, 0.1) is 10.1 Å². The molecule has 1 aromatic rings. The van der Waals surface area contributed by atoms with E-state index in [-0.39, 0.29) is 5.69 Å². The Morgan fingerprint density at radius 2 is 1.90 bits per heavy atom. The lowest BCUT2D eigenvalue weighted by molar-refractivity contribution is -0.387. The zero-order valence-electron chi connectivity index (χ0n) is 10.9. The molecule has 0 atom stereocenters. The summed E-state index contributed by atoms with van der Waals surface area (Å²) >= 11 is 0. The Labute approximate surface area is 121 Å². The van der Waals surface area contributed by atoms with Crippen LogP contribution in [0.3, 0.4) is 0 Å². The molecular formula is C9H14N4O6S2. The van der Waals surface area contributed by atoms with E-state index in [2.05, 4.69) is 0 Å². The van der Waals surface area contributed by atoms with E-state index in [1.54, 1.807) is 0 Å². The molecule has 0 aromatic heterocycles. The molecule has 0 saturated carbocycles. The predicted octanol–water partition coefficient (Wildman–Crippen LogP) is -0.995. The molecule has 1 rings (SSSR count). The molecule has 0 bridgehead atoms. The fourth-order valence-electron chi connectivity index (χ4n) is 1.39. The molecule has 1 aromatic carbocycles. The lowest BCUT2D eigenvalue weighted by atomic mass is 10.3. The van der Waals surface area contributed by atoms with Crippen LogP contribution >= 0.6 is 0 Å². The molecule has 0 saturated heterocycles. The van der Waals surface area contributed by atoms with Crippen molar-refractivity contribution < 1.29 is 21.8 Å². The number of nitrogen functional groups attached to an aromatic ring is 1. The molecule has 0 amide bonds. The molecule has 0 aliphatic rings. The van der Waals surface area contributed by atoms with Crippen molar-refractivity contribution in [1.29, 1.82) is 0 Å². The Kier molecular flexibility index (Phi) is 5.22. The quantitative estimate of drug-likeness (QED) is 0.326. The van der Waals surface area contributed by atoms with Gasteiger partial charge in [-0.1, -0.05) is 0 Å². The third-order valence-electron chi connectivity index (χ3n) is 2.44. The topological polar surface area (TPSA) is 162 Å². The predicted molar refractivity (Wildman–Crippen MR) is 75.5 cm³/mol. The van der Waals surface area contributed by atoms with E-state index in [1.165, 1.54) is 13.1 Å². The van der Waals surface area contributed by atoms with Crippen molar-refractivity contribution in [2.45, 2.75) is 4.90 Å². The Morgan fingerprint density at radius 3 is 2.43 bits per heavy atom. The van der Waals surface area contributed by atoms with Gasteiger partial charge in [0, 0.05) is 18.3 Å². The number of nitrogens with one attached hydrogen (secondary N) is 2. The zero-order valence-corrected chi connectivity index (χ0v) is 12.6. The minimum absolute atomic E-state index is 0.0313. The van der Waals surface area contributed by atoms with E-state index in [1.807, 2.05) is 9.44 Å². The second-order valence-corrected chi connectivity index (χ2v) is 7.69. The second kappa shape index (κ2) is 6.34. The van der Waals surface area contributed by atoms with Crippen molar-refractivity contribution in [3.63, 3.8) is 0 Å². The number of hydrogen-bond donors (Lipinski definition) is 3. The molecule has 0 fully saturated rings. The first kappa shape index (κ1) is 17.3. The van der Waals surface area contributed by atoms with Crippen LogP contribution in [0.15, 0.2) is 23.1 Å². The van der Waals surface area contributed by atoms with Gasteiger partial charge in [-0.05, 0) is 19.2 Å². The molecule has 12 heteroatoms. The van der Waals surface area contributed by atoms with Gasteiger partial charge in [0.1, 0.15) is 0 Å². The average molecular weight is 338 g/mol. The van der Waals surface area contributed by atoms with Gasteiger partial charge in [0.15, 0.2) is 4.90 Å². The van der Waals surface area contributed by atoms with Gasteiger partial charge in [-0.25, -0.2) is 26.3 Å². The first-order valence-corrected chi connectivity index (χ1v) is 8.67. The fourth-order valence-corrected chi connectivity index (χ4v) is 3.33. The summed E-state index contributed by atoms with van der Waals surface area (Å²) in [5.74, 6) is -0.501. The van der Waals surface area contributed by atoms with Crippen LogP contribution in [0.1, 0.15) is 0 Å². The summed E-state index contributed by atoms with van der Waals surface area (Å²) in [6.07, 6.45) is 0. The minimum atomic E-state index is -4.25. The van der Waals surface area contributed by atoms with E-state index in [4.69, 9.17) is 5.73 Å². The van der Waals surface area contributed by atoms with Gasteiger partial charge in [0.25, 0.3) is 5.69 Å². The molecule has 118 valence electrons. The van der Waals surface area contributed by atoms with Crippen molar-refractivity contribution in [2.75, 3.05) is 25.1 Å². The standard InChI is InChI=1S/C9H14N4O6S2/c1-11-20(16,17)5-4-12-21(18,19)9-6-7(10)2-3-8(9)13(14)15/h2-3,6,11-12H,4-5,10H2,1H3. The van der Waals surface area contributed by atoms with Crippen molar-refractivity contribution in [1.82, 2.24) is 9.44 Å². The van der Waals surface area contributed by atoms with Gasteiger partial charge in [0.05, 0.1) is 10.7 Å². The second-order valence-electron chi connectivity index (χ2n) is 3.91. The monoisotopic (exact) mass is 338 g/mol. The van der Waals surface area contributed by atoms with E-state index in [0.717, 1.165) is 12.1 Å². The maximum atomic E-state index is 12.0. The van der Waals surface area contributed by atoms with Gasteiger partial charge < -0.3 is 5.73 Å². The highest BCUT2D eigenvalue weighted by Gasteiger charge is 2.26. The Balaban J connectivity index is 3.03. The molecule has 21 heavy (non-hydrogen) atoms. The Hall–Kier alpha value is -1.76. The molecule has 0 spiro atoms. The maximum Gasteiger partial charge on any atom is 0.289 e. The Bertz CT molecular complexity index is 744. The van der Waals surface area contributed by atoms with Crippen LogP contribution < -0.4 is 15.2 Å². The van der Waals surface area contributed by atoms with Gasteiger partial charge >= 0.3 is 0 Å². The van der Waals surface area contributed by atoms with Crippen LogP contribution in [-0.2, 0) is 20.0 Å². The largest absolute Gasteiger partial charge is 0.399 e. The average Bonchev–Trinajstić information content (AvgIpc) is 2.37. The first-order chi connectivity index (χ1) is 9.59. The summed E-state index contributed by atoms with van der Waals surface area (Å²) in [7, 11) is -6.66. The van der Waals surface area contributed by atoms with Crippen molar-refractivity contribution in [3.05, 3.63) is 28.3 Å². The maximum absolute atomic E-state index is 12.0. The SMILES string of the molecule is CNS(=O)(=O)CCNS(=O)(=O)c1cc(N)ccc1[N+](=O)[O-]. The number of hydrogen-bond acceptors (Lipinski definition) is 7. The number of benzene rings is 1. The van der Waals surface area contributed by atoms with E-state index in [9.17, 15) is 26.9 Å². The molecule has 0 aliphatic heterocycles. The van der Waals surface area contributed by atoms with Gasteiger partial charge in [-0.3, -0.25) is 10.1 Å². The smallest absolute Gasteiger partial charge is 0.289 e. The van der Waals surface area contributed by atoms with Gasteiger partial charge in [-0.2, -0.15) is 0 Å². The van der Waals surface area contributed by atoms with E-state index >= 15 is 0 Å². The first-order valence-electron chi connectivity index (χ1n) is 5.54. The summed E-state index contributed by atoms with van der Waals surface area (Å²) in [4.78, 5) is 9.35. The van der Waals surface area contributed by atoms with Gasteiger partial charge in [-0.15, -0.1) is 0 Å². The highest BCUT2D eigenvalue weighted by molar-refractivity contribution is 7.90. The minimum Gasteiger partial charge on any atom is -0.399 e. The number of sulfonamides is 2. The van der Waals surface area contributed by atoms with Crippen LogP contribution in [0.25, 0.3) is 0 Å². The summed E-state index contributed by atoms with van der Waals surface area (Å²) < 4.78 is 50.3. The fraction of sp³-hybridized carbons (Fsp3) is 0.333. The summed E-state index contributed by atoms with van der Waals surface area (Å²) in [5.41, 5.74) is 4.81. The van der Waals surface area contributed by atoms with Crippen LogP contribution in [0.4, 0.5) is 11.4 Å². The molecule has 0 heterocycles. The van der Waals surface area contributed by atoms with Gasteiger partial charge in [0.2, 0.25) is 20.0 Å². The number of anilines is 1. The summed E-state index contributed by atoms with van der Waals surface area (Å²) in [6, 6.07) is 3.10. The highest BCUT2D eigenvalue weighted by atomic mass is 32.2. The number of nitrogens with two attached hydrogens (primary N) is 1. The molecule has 4 N–H and O–H groups in total. The van der Waals surface area contributed by atoms with E-state index in [0.29, 0.717) is 0 Å². The lowest BCUT2D eigenvalue weighted by Gasteiger charge is -2.08. The molecule has 0 radical (unpaired) electrons. The van der Waals surface area contributed by atoms with E-state index < -0.39 is 47.9 Å². The summed E-state index contributed by atoms with van der Waals surface area (Å²) in [5, 5.41) is 10.8. The molecular weight excluding hydrogens is 324 g/mol. The van der Waals surface area contributed by atoms with Crippen molar-refractivity contribution in [3.8, 4) is 0 Å². The third-order valence-corrected chi connectivity index (χ3v) is 5.30. The number of nitro benzene ring substituents is 1. The molecule has 0 unspecified atom stereocenters. The van der Waals surface area contributed by atoms with Crippen molar-refractivity contribution >= 4 is 31.4 Å². The molecule has 0 aliphatic carbocycles. The third kappa shape index (κ3) is 4.63. The van der Waals surface area contributed by atoms with Crippen molar-refractivity contribution in [2.24, 2.45) is 0 Å². The zero-order chi connectivity index (χ0) is 16.3. The lowest BCUT2D eigenvalue weighted by Crippen LogP contribution is -2.33. The molecule has 10 nitrogen and oxygen atoms in total. The van der Waals surface area contributed by atoms with Crippen LogP contribution in [0.5, 0.6) is 0 Å².